The first-order valence-electron chi connectivity index (χ1n) is 6.92. The lowest BCUT2D eigenvalue weighted by molar-refractivity contribution is -0.0234. The fourth-order valence-electron chi connectivity index (χ4n) is 2.78. The van der Waals surface area contributed by atoms with Crippen molar-refractivity contribution >= 4 is 0 Å². The second-order valence-electron chi connectivity index (χ2n) is 5.23. The zero-order chi connectivity index (χ0) is 12.0. The minimum Gasteiger partial charge on any atom is -0.396 e. The Labute approximate surface area is 104 Å². The Bertz CT molecular complexity index is 217. The second-order valence-corrected chi connectivity index (χ2v) is 5.23. The topological polar surface area (TPSA) is 50.7 Å². The second kappa shape index (κ2) is 6.69. The van der Waals surface area contributed by atoms with Crippen molar-refractivity contribution in [2.24, 2.45) is 0 Å². The number of aliphatic hydroxyl groups is 1. The molecule has 0 radical (unpaired) electrons. The molecular weight excluding hydrogens is 218 g/mol. The van der Waals surface area contributed by atoms with E-state index in [4.69, 9.17) is 14.6 Å². The highest BCUT2D eigenvalue weighted by Crippen LogP contribution is 2.35. The summed E-state index contributed by atoms with van der Waals surface area (Å²) in [5, 5.41) is 12.0. The van der Waals surface area contributed by atoms with Crippen LogP contribution < -0.4 is 5.32 Å². The molecule has 1 unspecified atom stereocenters. The van der Waals surface area contributed by atoms with Gasteiger partial charge in [-0.15, -0.1) is 0 Å². The molecule has 4 nitrogen and oxygen atoms in total. The Morgan fingerprint density at radius 3 is 2.82 bits per heavy atom. The van der Waals surface area contributed by atoms with Gasteiger partial charge in [0.25, 0.3) is 0 Å². The summed E-state index contributed by atoms with van der Waals surface area (Å²) in [7, 11) is 0. The smallest absolute Gasteiger partial charge is 0.0836 e. The minimum absolute atomic E-state index is 0.112. The van der Waals surface area contributed by atoms with E-state index in [2.05, 4.69) is 5.32 Å². The molecule has 0 amide bonds. The normalized spacial score (nSPS) is 27.7. The van der Waals surface area contributed by atoms with Gasteiger partial charge in [0.05, 0.1) is 18.3 Å². The van der Waals surface area contributed by atoms with Crippen LogP contribution in [0.3, 0.4) is 0 Å². The molecule has 4 heteroatoms. The predicted octanol–water partition coefficient (Wildman–Crippen LogP) is 1.08. The van der Waals surface area contributed by atoms with E-state index in [1.54, 1.807) is 0 Å². The van der Waals surface area contributed by atoms with Gasteiger partial charge in [0.1, 0.15) is 0 Å². The van der Waals surface area contributed by atoms with Gasteiger partial charge in [0, 0.05) is 19.6 Å². The van der Waals surface area contributed by atoms with Crippen molar-refractivity contribution in [1.29, 1.82) is 0 Å². The average Bonchev–Trinajstić information content (AvgIpc) is 2.73. The number of ether oxygens (including phenoxy) is 2. The Balaban J connectivity index is 1.60. The van der Waals surface area contributed by atoms with E-state index < -0.39 is 0 Å². The first-order chi connectivity index (χ1) is 8.35. The lowest BCUT2D eigenvalue weighted by atomic mass is 9.89. The van der Waals surface area contributed by atoms with Gasteiger partial charge in [-0.1, -0.05) is 0 Å². The molecule has 2 fully saturated rings. The number of aliphatic hydroxyl groups excluding tert-OH is 1. The summed E-state index contributed by atoms with van der Waals surface area (Å²) in [6.07, 6.45) is 6.59. The molecule has 0 aromatic carbocycles. The monoisotopic (exact) mass is 243 g/mol. The van der Waals surface area contributed by atoms with Crippen LogP contribution in [0.1, 0.15) is 38.5 Å². The van der Waals surface area contributed by atoms with E-state index in [9.17, 15) is 0 Å². The lowest BCUT2D eigenvalue weighted by Crippen LogP contribution is -2.41. The molecule has 17 heavy (non-hydrogen) atoms. The van der Waals surface area contributed by atoms with Crippen molar-refractivity contribution in [3.63, 3.8) is 0 Å². The summed E-state index contributed by atoms with van der Waals surface area (Å²) in [5.41, 5.74) is 0.112. The highest BCUT2D eigenvalue weighted by molar-refractivity contribution is 4.93. The Morgan fingerprint density at radius 2 is 2.06 bits per heavy atom. The summed E-state index contributed by atoms with van der Waals surface area (Å²) in [6, 6.07) is 0. The maximum absolute atomic E-state index is 8.68. The third-order valence-corrected chi connectivity index (χ3v) is 3.85. The summed E-state index contributed by atoms with van der Waals surface area (Å²) < 4.78 is 11.8. The van der Waals surface area contributed by atoms with Gasteiger partial charge < -0.3 is 19.9 Å². The zero-order valence-corrected chi connectivity index (χ0v) is 10.6. The molecule has 2 aliphatic heterocycles. The standard InChI is InChI=1S/C13H25NO3/c15-8-2-1-3-9-16-12-10-13(17-11-12)4-6-14-7-5-13/h12,14-15H,1-11H2. The number of hydrogen-bond donors (Lipinski definition) is 2. The molecule has 1 atom stereocenters. The van der Waals surface area contributed by atoms with Gasteiger partial charge in [-0.25, -0.2) is 0 Å². The van der Waals surface area contributed by atoms with Crippen molar-refractivity contribution in [2.75, 3.05) is 32.9 Å². The molecule has 100 valence electrons. The summed E-state index contributed by atoms with van der Waals surface area (Å²) in [6.45, 7) is 4.01. The molecule has 1 spiro atoms. The molecule has 0 aromatic heterocycles. The van der Waals surface area contributed by atoms with Crippen LogP contribution in [0, 0.1) is 0 Å². The maximum atomic E-state index is 8.68. The van der Waals surface area contributed by atoms with Crippen LogP contribution in [0.2, 0.25) is 0 Å². The minimum atomic E-state index is 0.112. The molecule has 2 saturated heterocycles. The van der Waals surface area contributed by atoms with Crippen molar-refractivity contribution in [1.82, 2.24) is 5.32 Å². The molecule has 0 bridgehead atoms. The average molecular weight is 243 g/mol. The van der Waals surface area contributed by atoms with E-state index in [1.807, 2.05) is 0 Å². The van der Waals surface area contributed by atoms with Crippen molar-refractivity contribution < 1.29 is 14.6 Å². The van der Waals surface area contributed by atoms with Gasteiger partial charge in [0.2, 0.25) is 0 Å². The van der Waals surface area contributed by atoms with Crippen LogP contribution in [-0.2, 0) is 9.47 Å². The van der Waals surface area contributed by atoms with Crippen LogP contribution in [0.25, 0.3) is 0 Å². The van der Waals surface area contributed by atoms with Gasteiger partial charge in [-0.05, 0) is 45.2 Å². The zero-order valence-electron chi connectivity index (χ0n) is 10.6. The first-order valence-corrected chi connectivity index (χ1v) is 6.92. The largest absolute Gasteiger partial charge is 0.396 e. The van der Waals surface area contributed by atoms with Crippen molar-refractivity contribution in [3.8, 4) is 0 Å². The fourth-order valence-corrected chi connectivity index (χ4v) is 2.78. The van der Waals surface area contributed by atoms with Crippen LogP contribution in [-0.4, -0.2) is 49.7 Å². The number of rotatable bonds is 6. The Kier molecular flexibility index (Phi) is 5.22. The van der Waals surface area contributed by atoms with Crippen molar-refractivity contribution in [2.45, 2.75) is 50.2 Å². The Hall–Kier alpha value is -0.160. The predicted molar refractivity (Wildman–Crippen MR) is 66.1 cm³/mol. The van der Waals surface area contributed by atoms with E-state index in [-0.39, 0.29) is 5.60 Å². The molecule has 2 rings (SSSR count). The Morgan fingerprint density at radius 1 is 1.24 bits per heavy atom. The molecule has 2 aliphatic rings. The number of hydrogen-bond acceptors (Lipinski definition) is 4. The van der Waals surface area contributed by atoms with Crippen LogP contribution in [0.5, 0.6) is 0 Å². The van der Waals surface area contributed by atoms with Gasteiger partial charge in [0.15, 0.2) is 0 Å². The summed E-state index contributed by atoms with van der Waals surface area (Å²) in [5.74, 6) is 0. The maximum Gasteiger partial charge on any atom is 0.0836 e. The van der Waals surface area contributed by atoms with Crippen LogP contribution >= 0.6 is 0 Å². The van der Waals surface area contributed by atoms with Crippen molar-refractivity contribution in [3.05, 3.63) is 0 Å². The van der Waals surface area contributed by atoms with Gasteiger partial charge in [-0.3, -0.25) is 0 Å². The highest BCUT2D eigenvalue weighted by atomic mass is 16.6. The lowest BCUT2D eigenvalue weighted by Gasteiger charge is -2.32. The van der Waals surface area contributed by atoms with E-state index in [0.29, 0.717) is 12.7 Å². The molecule has 0 saturated carbocycles. The summed E-state index contributed by atoms with van der Waals surface area (Å²) >= 11 is 0. The number of piperidine rings is 1. The van der Waals surface area contributed by atoms with Crippen LogP contribution in [0.15, 0.2) is 0 Å². The first kappa shape index (κ1) is 13.3. The third-order valence-electron chi connectivity index (χ3n) is 3.85. The SMILES string of the molecule is OCCCCCOC1COC2(CCNCC2)C1. The van der Waals surface area contributed by atoms with E-state index in [1.165, 1.54) is 0 Å². The molecule has 2 N–H and O–H groups in total. The third kappa shape index (κ3) is 3.91. The van der Waals surface area contributed by atoms with Gasteiger partial charge >= 0.3 is 0 Å². The summed E-state index contributed by atoms with van der Waals surface area (Å²) in [4.78, 5) is 0. The molecule has 2 heterocycles. The van der Waals surface area contributed by atoms with Gasteiger partial charge in [-0.2, -0.15) is 0 Å². The number of unbranched alkanes of at least 4 members (excludes halogenated alkanes) is 2. The molecule has 0 aliphatic carbocycles. The fraction of sp³-hybridized carbons (Fsp3) is 1.00. The molecule has 0 aromatic rings. The van der Waals surface area contributed by atoms with E-state index in [0.717, 1.165) is 64.8 Å². The molecular formula is C13H25NO3. The quantitative estimate of drug-likeness (QED) is 0.685. The van der Waals surface area contributed by atoms with Crippen LogP contribution in [0.4, 0.5) is 0 Å². The highest BCUT2D eigenvalue weighted by Gasteiger charge is 2.41. The van der Waals surface area contributed by atoms with E-state index >= 15 is 0 Å². The number of nitrogens with one attached hydrogen (secondary N) is 1.